The molecule has 0 aliphatic heterocycles. The molecule has 0 aromatic heterocycles. The van der Waals surface area contributed by atoms with Crippen molar-refractivity contribution in [3.63, 3.8) is 0 Å². The monoisotopic (exact) mass is 406 g/mol. The molecule has 1 rings (SSSR count). The van der Waals surface area contributed by atoms with E-state index in [-0.39, 0.29) is 17.2 Å². The van der Waals surface area contributed by atoms with Crippen LogP contribution in [-0.2, 0) is 12.8 Å². The fourth-order valence-corrected chi connectivity index (χ4v) is 3.91. The summed E-state index contributed by atoms with van der Waals surface area (Å²) < 4.78 is 0. The van der Waals surface area contributed by atoms with Gasteiger partial charge in [-0.25, -0.2) is 0 Å². The lowest BCUT2D eigenvalue weighted by atomic mass is 9.88. The summed E-state index contributed by atoms with van der Waals surface area (Å²) in [6.07, 6.45) is 13.0. The Morgan fingerprint density at radius 2 is 0.966 bits per heavy atom. The number of phenols is 3. The minimum atomic E-state index is -0.209. The predicted octanol–water partition coefficient (Wildman–Crippen LogP) is 7.88. The summed E-state index contributed by atoms with van der Waals surface area (Å²) in [5.41, 5.74) is 2.34. The topological polar surface area (TPSA) is 60.7 Å². The van der Waals surface area contributed by atoms with Gasteiger partial charge in [0.05, 0.1) is 0 Å². The van der Waals surface area contributed by atoms with Gasteiger partial charge < -0.3 is 15.3 Å². The number of rotatable bonds is 12. The summed E-state index contributed by atoms with van der Waals surface area (Å²) in [7, 11) is 0. The van der Waals surface area contributed by atoms with Crippen molar-refractivity contribution in [2.24, 2.45) is 10.8 Å². The van der Waals surface area contributed by atoms with Crippen molar-refractivity contribution >= 4 is 0 Å². The lowest BCUT2D eigenvalue weighted by molar-refractivity contribution is 0.356. The molecule has 1 aromatic rings. The predicted molar refractivity (Wildman–Crippen MR) is 124 cm³/mol. The number of unbranched alkanes of at least 4 members (excludes halogenated alkanes) is 6. The van der Waals surface area contributed by atoms with Crippen LogP contribution in [0.15, 0.2) is 6.07 Å². The Kier molecular flexibility index (Phi) is 10.4. The van der Waals surface area contributed by atoms with E-state index in [1.165, 1.54) is 44.6 Å². The minimum Gasteiger partial charge on any atom is -0.508 e. The lowest BCUT2D eigenvalue weighted by Crippen LogP contribution is -2.04. The molecule has 0 amide bonds. The normalized spacial score (nSPS) is 12.5. The largest absolute Gasteiger partial charge is 0.508 e. The first kappa shape index (κ1) is 25.7. The fourth-order valence-electron chi connectivity index (χ4n) is 3.91. The van der Waals surface area contributed by atoms with E-state index in [0.29, 0.717) is 17.3 Å². The number of hydrogen-bond donors (Lipinski definition) is 3. The Labute approximate surface area is 179 Å². The van der Waals surface area contributed by atoms with E-state index in [1.54, 1.807) is 0 Å². The standard InChI is InChI=1S/C26H46O3/c1-25(2,3)17-13-9-7-11-15-20-21(24(29)23(28)19-22(20)27)16-12-8-10-14-18-26(4,5)6/h19,27-29H,7-18H2,1-6H3. The van der Waals surface area contributed by atoms with Crippen molar-refractivity contribution in [3.05, 3.63) is 17.2 Å². The molecule has 0 saturated carbocycles. The Morgan fingerprint density at radius 3 is 1.41 bits per heavy atom. The van der Waals surface area contributed by atoms with Crippen molar-refractivity contribution in [1.29, 1.82) is 0 Å². The molecule has 3 heteroatoms. The van der Waals surface area contributed by atoms with E-state index in [1.807, 2.05) is 0 Å². The Morgan fingerprint density at radius 1 is 0.552 bits per heavy atom. The maximum absolute atomic E-state index is 10.4. The molecular weight excluding hydrogens is 360 g/mol. The van der Waals surface area contributed by atoms with Crippen molar-refractivity contribution in [3.8, 4) is 17.2 Å². The number of benzene rings is 1. The highest BCUT2D eigenvalue weighted by atomic mass is 16.3. The lowest BCUT2D eigenvalue weighted by Gasteiger charge is -2.18. The van der Waals surface area contributed by atoms with E-state index in [0.717, 1.165) is 43.2 Å². The molecule has 29 heavy (non-hydrogen) atoms. The van der Waals surface area contributed by atoms with Gasteiger partial charge in [-0.05, 0) is 49.4 Å². The highest BCUT2D eigenvalue weighted by Crippen LogP contribution is 2.39. The minimum absolute atomic E-state index is 0.0415. The number of phenolic OH excluding ortho intramolecular Hbond substituents is 3. The molecule has 0 spiro atoms. The molecular formula is C26H46O3. The average molecular weight is 407 g/mol. The number of hydrogen-bond acceptors (Lipinski definition) is 3. The molecule has 3 nitrogen and oxygen atoms in total. The van der Waals surface area contributed by atoms with Gasteiger partial charge in [0, 0.05) is 17.2 Å². The van der Waals surface area contributed by atoms with Crippen molar-refractivity contribution in [2.45, 2.75) is 119 Å². The summed E-state index contributed by atoms with van der Waals surface area (Å²) in [5, 5.41) is 30.7. The summed E-state index contributed by atoms with van der Waals surface area (Å²) in [6, 6.07) is 1.29. The third kappa shape index (κ3) is 10.8. The highest BCUT2D eigenvalue weighted by Gasteiger charge is 2.17. The first-order valence-electron chi connectivity index (χ1n) is 11.7. The summed E-state index contributed by atoms with van der Waals surface area (Å²) >= 11 is 0. The third-order valence-electron chi connectivity index (χ3n) is 5.68. The van der Waals surface area contributed by atoms with Crippen molar-refractivity contribution in [2.75, 3.05) is 0 Å². The van der Waals surface area contributed by atoms with Crippen LogP contribution in [-0.4, -0.2) is 15.3 Å². The van der Waals surface area contributed by atoms with E-state index >= 15 is 0 Å². The zero-order chi connectivity index (χ0) is 22.1. The van der Waals surface area contributed by atoms with Gasteiger partial charge in [0.25, 0.3) is 0 Å². The maximum Gasteiger partial charge on any atom is 0.161 e. The van der Waals surface area contributed by atoms with E-state index < -0.39 is 0 Å². The Balaban J connectivity index is 2.54. The average Bonchev–Trinajstić information content (AvgIpc) is 2.57. The van der Waals surface area contributed by atoms with E-state index in [2.05, 4.69) is 41.5 Å². The van der Waals surface area contributed by atoms with Crippen LogP contribution >= 0.6 is 0 Å². The van der Waals surface area contributed by atoms with Gasteiger partial charge in [0.2, 0.25) is 0 Å². The quantitative estimate of drug-likeness (QED) is 0.188. The Hall–Kier alpha value is -1.38. The molecule has 0 bridgehead atoms. The zero-order valence-corrected chi connectivity index (χ0v) is 19.9. The second-order valence-electron chi connectivity index (χ2n) is 11.2. The molecule has 0 heterocycles. The molecule has 0 aliphatic rings. The van der Waals surface area contributed by atoms with Crippen LogP contribution in [0.5, 0.6) is 17.2 Å². The van der Waals surface area contributed by atoms with Gasteiger partial charge in [-0.2, -0.15) is 0 Å². The highest BCUT2D eigenvalue weighted by molar-refractivity contribution is 5.55. The van der Waals surface area contributed by atoms with E-state index in [9.17, 15) is 15.3 Å². The van der Waals surface area contributed by atoms with Crippen molar-refractivity contribution in [1.82, 2.24) is 0 Å². The summed E-state index contributed by atoms with van der Waals surface area (Å²) in [6.45, 7) is 13.7. The molecule has 168 valence electrons. The van der Waals surface area contributed by atoms with Crippen LogP contribution in [0.3, 0.4) is 0 Å². The van der Waals surface area contributed by atoms with Crippen LogP contribution in [0, 0.1) is 10.8 Å². The van der Waals surface area contributed by atoms with Crippen LogP contribution in [0.1, 0.15) is 117 Å². The fraction of sp³-hybridized carbons (Fsp3) is 0.769. The third-order valence-corrected chi connectivity index (χ3v) is 5.68. The van der Waals surface area contributed by atoms with Gasteiger partial charge in [0.1, 0.15) is 5.75 Å². The molecule has 0 unspecified atom stereocenters. The molecule has 0 fully saturated rings. The van der Waals surface area contributed by atoms with E-state index in [4.69, 9.17) is 0 Å². The molecule has 3 N–H and O–H groups in total. The number of aromatic hydroxyl groups is 3. The molecule has 0 aliphatic carbocycles. The first-order chi connectivity index (χ1) is 13.4. The molecule has 0 atom stereocenters. The second-order valence-corrected chi connectivity index (χ2v) is 11.2. The molecule has 1 aromatic carbocycles. The summed E-state index contributed by atoms with van der Waals surface area (Å²) in [5.74, 6) is -0.128. The van der Waals surface area contributed by atoms with Gasteiger partial charge in [-0.3, -0.25) is 0 Å². The van der Waals surface area contributed by atoms with Gasteiger partial charge in [-0.1, -0.05) is 80.1 Å². The van der Waals surface area contributed by atoms with Gasteiger partial charge >= 0.3 is 0 Å². The molecule has 0 saturated heterocycles. The molecule has 0 radical (unpaired) electrons. The van der Waals surface area contributed by atoms with Gasteiger partial charge in [0.15, 0.2) is 11.5 Å². The van der Waals surface area contributed by atoms with Crippen LogP contribution in [0.2, 0.25) is 0 Å². The maximum atomic E-state index is 10.4. The Bertz CT molecular complexity index is 606. The van der Waals surface area contributed by atoms with Crippen LogP contribution in [0.4, 0.5) is 0 Å². The SMILES string of the molecule is CC(C)(C)CCCCCCc1c(O)cc(O)c(O)c1CCCCCCC(C)(C)C. The second kappa shape index (κ2) is 11.7. The smallest absolute Gasteiger partial charge is 0.161 e. The summed E-state index contributed by atoms with van der Waals surface area (Å²) in [4.78, 5) is 0. The first-order valence-corrected chi connectivity index (χ1v) is 11.7. The van der Waals surface area contributed by atoms with Gasteiger partial charge in [-0.15, -0.1) is 0 Å². The van der Waals surface area contributed by atoms with Crippen LogP contribution < -0.4 is 0 Å². The van der Waals surface area contributed by atoms with Crippen molar-refractivity contribution < 1.29 is 15.3 Å². The van der Waals surface area contributed by atoms with Crippen LogP contribution in [0.25, 0.3) is 0 Å². The zero-order valence-electron chi connectivity index (χ0n) is 19.9.